The minimum atomic E-state index is -0.0313. The summed E-state index contributed by atoms with van der Waals surface area (Å²) in [6, 6.07) is 16.1. The van der Waals surface area contributed by atoms with Crippen molar-refractivity contribution in [2.75, 3.05) is 25.0 Å². The van der Waals surface area contributed by atoms with Crippen molar-refractivity contribution >= 4 is 41.3 Å². The second kappa shape index (κ2) is 8.37. The molecule has 1 heterocycles. The number of benzene rings is 2. The molecule has 0 radical (unpaired) electrons. The van der Waals surface area contributed by atoms with Gasteiger partial charge in [0.15, 0.2) is 0 Å². The van der Waals surface area contributed by atoms with Gasteiger partial charge in [0.25, 0.3) is 0 Å². The van der Waals surface area contributed by atoms with Crippen molar-refractivity contribution in [3.05, 3.63) is 64.7 Å². The smallest absolute Gasteiger partial charge is 0.216 e. The van der Waals surface area contributed by atoms with Gasteiger partial charge in [0.1, 0.15) is 0 Å². The molecule has 0 saturated heterocycles. The number of likely N-dealkylation sites (N-methyl/N-ethyl adjacent to an activating group) is 1. The van der Waals surface area contributed by atoms with Gasteiger partial charge in [0, 0.05) is 42.4 Å². The molecule has 2 aromatic rings. The minimum absolute atomic E-state index is 0. The fourth-order valence-electron chi connectivity index (χ4n) is 2.91. The Morgan fingerprint density at radius 2 is 2.00 bits per heavy atom. The Labute approximate surface area is 159 Å². The molecule has 4 nitrogen and oxygen atoms in total. The molecule has 3 rings (SSSR count). The maximum absolute atomic E-state index is 11.3. The number of anilines is 1. The highest BCUT2D eigenvalue weighted by molar-refractivity contribution is 6.31. The number of nitrogens with one attached hydrogen (secondary N) is 1. The van der Waals surface area contributed by atoms with Crippen molar-refractivity contribution < 1.29 is 4.79 Å². The van der Waals surface area contributed by atoms with Crippen LogP contribution in [-0.2, 0) is 4.79 Å². The lowest BCUT2D eigenvalue weighted by Crippen LogP contribution is -2.43. The molecule has 6 heteroatoms. The largest absolute Gasteiger partial charge is 0.367 e. The van der Waals surface area contributed by atoms with E-state index >= 15 is 0 Å². The maximum Gasteiger partial charge on any atom is 0.216 e. The molecule has 0 aromatic heterocycles. The van der Waals surface area contributed by atoms with E-state index in [4.69, 9.17) is 16.6 Å². The number of carbonyl (C=O) groups excluding carboxylic acids is 1. The molecular formula is C19H21Cl2N3O. The van der Waals surface area contributed by atoms with E-state index in [2.05, 4.69) is 22.3 Å². The number of fused-ring (bicyclic) bond motifs is 1. The summed E-state index contributed by atoms with van der Waals surface area (Å²) in [4.78, 5) is 18.3. The topological polar surface area (TPSA) is 44.7 Å². The number of nitrogens with zero attached hydrogens (tertiary/aromatic N) is 2. The predicted molar refractivity (Wildman–Crippen MR) is 107 cm³/mol. The molecule has 1 N–H and O–H groups in total. The molecule has 1 amide bonds. The number of hydrogen-bond donors (Lipinski definition) is 1. The molecule has 0 spiro atoms. The zero-order valence-corrected chi connectivity index (χ0v) is 15.8. The van der Waals surface area contributed by atoms with Crippen LogP contribution >= 0.6 is 24.0 Å². The first kappa shape index (κ1) is 19.3. The number of rotatable bonds is 3. The maximum atomic E-state index is 11.3. The van der Waals surface area contributed by atoms with Crippen molar-refractivity contribution in [2.45, 2.75) is 13.0 Å². The molecule has 25 heavy (non-hydrogen) atoms. The Hall–Kier alpha value is -2.04. The first-order chi connectivity index (χ1) is 11.6. The second-order valence-corrected chi connectivity index (χ2v) is 6.36. The van der Waals surface area contributed by atoms with Crippen LogP contribution in [0.5, 0.6) is 0 Å². The van der Waals surface area contributed by atoms with Crippen LogP contribution in [0, 0.1) is 0 Å². The highest BCUT2D eigenvalue weighted by Gasteiger charge is 2.24. The van der Waals surface area contributed by atoms with E-state index in [-0.39, 0.29) is 24.4 Å². The highest BCUT2D eigenvalue weighted by Crippen LogP contribution is 2.30. The average Bonchev–Trinajstić information content (AvgIpc) is 2.70. The first-order valence-corrected chi connectivity index (χ1v) is 8.31. The zero-order chi connectivity index (χ0) is 17.1. The minimum Gasteiger partial charge on any atom is -0.367 e. The monoisotopic (exact) mass is 377 g/mol. The summed E-state index contributed by atoms with van der Waals surface area (Å²) in [6.45, 7) is 2.69. The summed E-state index contributed by atoms with van der Waals surface area (Å²) in [5, 5.41) is 3.58. The molecular weight excluding hydrogens is 357 g/mol. The van der Waals surface area contributed by atoms with Gasteiger partial charge in [-0.1, -0.05) is 41.9 Å². The number of benzodiazepines with no additional fused rings is 1. The molecule has 1 unspecified atom stereocenters. The number of aliphatic imine (C=N–C) groups is 1. The van der Waals surface area contributed by atoms with Gasteiger partial charge in [0.2, 0.25) is 5.91 Å². The number of amides is 1. The van der Waals surface area contributed by atoms with Gasteiger partial charge in [-0.3, -0.25) is 9.79 Å². The third kappa shape index (κ3) is 4.33. The van der Waals surface area contributed by atoms with Crippen molar-refractivity contribution in [2.24, 2.45) is 4.99 Å². The molecule has 132 valence electrons. The summed E-state index contributed by atoms with van der Waals surface area (Å²) >= 11 is 6.24. The van der Waals surface area contributed by atoms with Crippen LogP contribution in [0.25, 0.3) is 0 Å². The van der Waals surface area contributed by atoms with Gasteiger partial charge in [0.05, 0.1) is 18.3 Å². The van der Waals surface area contributed by atoms with Crippen LogP contribution in [0.3, 0.4) is 0 Å². The van der Waals surface area contributed by atoms with E-state index in [1.165, 1.54) is 6.92 Å². The number of carbonyl (C=O) groups is 1. The molecule has 1 aliphatic rings. The van der Waals surface area contributed by atoms with Crippen LogP contribution in [0.2, 0.25) is 5.02 Å². The number of hydrogen-bond acceptors (Lipinski definition) is 3. The standard InChI is InChI=1S/C19H20ClN3O.ClH/c1-13(24)21-11-16-12-22-19(14-6-4-3-5-7-14)17-10-15(20)8-9-18(17)23(16)2;/h3-10,16H,11-12H2,1-2H3,(H,21,24);1H. The van der Waals surface area contributed by atoms with Gasteiger partial charge < -0.3 is 10.2 Å². The fraction of sp³-hybridized carbons (Fsp3) is 0.263. The SMILES string of the molecule is CC(=O)NCC1CN=C(c2ccccc2)c2cc(Cl)ccc2N1C.Cl. The molecule has 1 atom stereocenters. The van der Waals surface area contributed by atoms with Crippen molar-refractivity contribution in [3.63, 3.8) is 0 Å². The summed E-state index contributed by atoms with van der Waals surface area (Å²) in [7, 11) is 2.03. The Bertz CT molecular complexity index is 777. The van der Waals surface area contributed by atoms with Gasteiger partial charge in [-0.2, -0.15) is 0 Å². The molecule has 0 fully saturated rings. The summed E-state index contributed by atoms with van der Waals surface area (Å²) in [5.74, 6) is -0.0313. The van der Waals surface area contributed by atoms with Gasteiger partial charge in [-0.05, 0) is 18.2 Å². The van der Waals surface area contributed by atoms with Crippen LogP contribution in [0.15, 0.2) is 53.5 Å². The van der Waals surface area contributed by atoms with E-state index < -0.39 is 0 Å². The van der Waals surface area contributed by atoms with Crippen molar-refractivity contribution in [1.29, 1.82) is 0 Å². The Kier molecular flexibility index (Phi) is 6.45. The Morgan fingerprint density at radius 1 is 1.28 bits per heavy atom. The van der Waals surface area contributed by atoms with E-state index in [1.807, 2.05) is 43.4 Å². The quantitative estimate of drug-likeness (QED) is 0.888. The van der Waals surface area contributed by atoms with Crippen molar-refractivity contribution in [1.82, 2.24) is 5.32 Å². The molecule has 0 aliphatic carbocycles. The average molecular weight is 378 g/mol. The lowest BCUT2D eigenvalue weighted by Gasteiger charge is -2.28. The van der Waals surface area contributed by atoms with E-state index in [0.29, 0.717) is 18.1 Å². The number of halogens is 2. The lowest BCUT2D eigenvalue weighted by atomic mass is 10.0. The third-order valence-corrected chi connectivity index (χ3v) is 4.47. The Balaban J connectivity index is 0.00000225. The summed E-state index contributed by atoms with van der Waals surface area (Å²) in [6.07, 6.45) is 0. The predicted octanol–water partition coefficient (Wildman–Crippen LogP) is 3.55. The highest BCUT2D eigenvalue weighted by atomic mass is 35.5. The van der Waals surface area contributed by atoms with E-state index in [1.54, 1.807) is 0 Å². The fourth-order valence-corrected chi connectivity index (χ4v) is 3.08. The third-order valence-electron chi connectivity index (χ3n) is 4.24. The van der Waals surface area contributed by atoms with Crippen LogP contribution in [0.4, 0.5) is 5.69 Å². The van der Waals surface area contributed by atoms with Crippen LogP contribution < -0.4 is 10.2 Å². The van der Waals surface area contributed by atoms with E-state index in [9.17, 15) is 4.79 Å². The summed E-state index contributed by atoms with van der Waals surface area (Å²) in [5.41, 5.74) is 4.08. The van der Waals surface area contributed by atoms with Gasteiger partial charge in [-0.15, -0.1) is 12.4 Å². The zero-order valence-electron chi connectivity index (χ0n) is 14.2. The molecule has 0 saturated carbocycles. The normalized spacial score (nSPS) is 16.2. The van der Waals surface area contributed by atoms with Gasteiger partial charge >= 0.3 is 0 Å². The molecule has 1 aliphatic heterocycles. The first-order valence-electron chi connectivity index (χ1n) is 7.93. The van der Waals surface area contributed by atoms with E-state index in [0.717, 1.165) is 22.5 Å². The van der Waals surface area contributed by atoms with Crippen LogP contribution in [0.1, 0.15) is 18.1 Å². The summed E-state index contributed by atoms with van der Waals surface area (Å²) < 4.78 is 0. The lowest BCUT2D eigenvalue weighted by molar-refractivity contribution is -0.119. The second-order valence-electron chi connectivity index (χ2n) is 5.92. The molecule has 0 bridgehead atoms. The van der Waals surface area contributed by atoms with Crippen LogP contribution in [-0.4, -0.2) is 37.8 Å². The Morgan fingerprint density at radius 3 is 2.68 bits per heavy atom. The van der Waals surface area contributed by atoms with Crippen molar-refractivity contribution in [3.8, 4) is 0 Å². The van der Waals surface area contributed by atoms with Gasteiger partial charge in [-0.25, -0.2) is 0 Å². The molecule has 2 aromatic carbocycles.